The fourth-order valence-corrected chi connectivity index (χ4v) is 3.02. The van der Waals surface area contributed by atoms with Gasteiger partial charge in [-0.05, 0) is 58.5 Å². The van der Waals surface area contributed by atoms with E-state index >= 15 is 0 Å². The number of benzene rings is 1. The van der Waals surface area contributed by atoms with Crippen molar-refractivity contribution in [1.82, 2.24) is 4.90 Å². The molecule has 2 unspecified atom stereocenters. The SMILES string of the molecule is CCC(N)Cc1ccc(N(CC)C(C)CN(C)C)c(Cl)c1. The Morgan fingerprint density at radius 2 is 1.90 bits per heavy atom. The summed E-state index contributed by atoms with van der Waals surface area (Å²) in [6.07, 6.45) is 1.87. The van der Waals surface area contributed by atoms with Crippen LogP contribution in [0, 0.1) is 0 Å². The van der Waals surface area contributed by atoms with Gasteiger partial charge >= 0.3 is 0 Å². The van der Waals surface area contributed by atoms with Crippen LogP contribution in [0.15, 0.2) is 18.2 Å². The van der Waals surface area contributed by atoms with Crippen LogP contribution in [0.3, 0.4) is 0 Å². The minimum Gasteiger partial charge on any atom is -0.367 e. The van der Waals surface area contributed by atoms with Gasteiger partial charge in [0.2, 0.25) is 0 Å². The molecule has 0 saturated carbocycles. The fourth-order valence-electron chi connectivity index (χ4n) is 2.70. The van der Waals surface area contributed by atoms with Gasteiger partial charge in [0.1, 0.15) is 0 Å². The van der Waals surface area contributed by atoms with Crippen molar-refractivity contribution in [2.45, 2.75) is 45.7 Å². The van der Waals surface area contributed by atoms with Crippen LogP contribution < -0.4 is 10.6 Å². The Hall–Kier alpha value is -0.770. The number of likely N-dealkylation sites (N-methyl/N-ethyl adjacent to an activating group) is 2. The van der Waals surface area contributed by atoms with Gasteiger partial charge in [0.25, 0.3) is 0 Å². The summed E-state index contributed by atoms with van der Waals surface area (Å²) in [5.74, 6) is 0. The lowest BCUT2D eigenvalue weighted by Crippen LogP contribution is -2.40. The van der Waals surface area contributed by atoms with Gasteiger partial charge < -0.3 is 15.5 Å². The van der Waals surface area contributed by atoms with E-state index in [0.717, 1.165) is 36.6 Å². The number of rotatable bonds is 8. The maximum atomic E-state index is 6.51. The first kappa shape index (κ1) is 18.3. The van der Waals surface area contributed by atoms with Gasteiger partial charge in [-0.15, -0.1) is 0 Å². The van der Waals surface area contributed by atoms with Gasteiger partial charge in [-0.1, -0.05) is 24.6 Å². The van der Waals surface area contributed by atoms with E-state index in [2.05, 4.69) is 62.9 Å². The van der Waals surface area contributed by atoms with E-state index < -0.39 is 0 Å². The Labute approximate surface area is 135 Å². The molecule has 0 amide bonds. The average molecular weight is 312 g/mol. The number of anilines is 1. The summed E-state index contributed by atoms with van der Waals surface area (Å²) in [5, 5.41) is 0.822. The Morgan fingerprint density at radius 1 is 1.24 bits per heavy atom. The third-order valence-corrected chi connectivity index (χ3v) is 4.15. The largest absolute Gasteiger partial charge is 0.367 e. The third-order valence-electron chi connectivity index (χ3n) is 3.85. The molecule has 0 aromatic heterocycles. The monoisotopic (exact) mass is 311 g/mol. The zero-order valence-electron chi connectivity index (χ0n) is 14.1. The van der Waals surface area contributed by atoms with E-state index in [-0.39, 0.29) is 6.04 Å². The zero-order chi connectivity index (χ0) is 16.0. The normalized spacial score (nSPS) is 14.3. The summed E-state index contributed by atoms with van der Waals surface area (Å²) >= 11 is 6.51. The first-order valence-electron chi connectivity index (χ1n) is 7.84. The first-order valence-corrected chi connectivity index (χ1v) is 8.22. The van der Waals surface area contributed by atoms with Crippen LogP contribution in [0.4, 0.5) is 5.69 Å². The van der Waals surface area contributed by atoms with Crippen molar-refractivity contribution in [2.75, 3.05) is 32.1 Å². The molecular weight excluding hydrogens is 282 g/mol. The van der Waals surface area contributed by atoms with Gasteiger partial charge in [0.05, 0.1) is 10.7 Å². The van der Waals surface area contributed by atoms with E-state index in [1.54, 1.807) is 0 Å². The second-order valence-corrected chi connectivity index (χ2v) is 6.46. The number of hydrogen-bond acceptors (Lipinski definition) is 3. The molecule has 0 heterocycles. The lowest BCUT2D eigenvalue weighted by Gasteiger charge is -2.33. The quantitative estimate of drug-likeness (QED) is 0.798. The highest BCUT2D eigenvalue weighted by molar-refractivity contribution is 6.33. The lowest BCUT2D eigenvalue weighted by atomic mass is 10.0. The van der Waals surface area contributed by atoms with Gasteiger partial charge in [-0.2, -0.15) is 0 Å². The summed E-state index contributed by atoms with van der Waals surface area (Å²) in [4.78, 5) is 4.56. The van der Waals surface area contributed by atoms with Crippen LogP contribution in [0.1, 0.15) is 32.8 Å². The van der Waals surface area contributed by atoms with Crippen LogP contribution in [0.5, 0.6) is 0 Å². The molecule has 0 aliphatic heterocycles. The Morgan fingerprint density at radius 3 is 2.38 bits per heavy atom. The van der Waals surface area contributed by atoms with E-state index in [1.807, 2.05) is 0 Å². The summed E-state index contributed by atoms with van der Waals surface area (Å²) in [7, 11) is 4.20. The van der Waals surface area contributed by atoms with Crippen LogP contribution in [-0.2, 0) is 6.42 Å². The summed E-state index contributed by atoms with van der Waals surface area (Å²) in [6, 6.07) is 6.99. The molecule has 4 heteroatoms. The van der Waals surface area contributed by atoms with Crippen LogP contribution in [0.25, 0.3) is 0 Å². The van der Waals surface area contributed by atoms with Crippen LogP contribution in [-0.4, -0.2) is 44.2 Å². The number of nitrogens with two attached hydrogens (primary N) is 1. The van der Waals surface area contributed by atoms with Crippen LogP contribution >= 0.6 is 11.6 Å². The summed E-state index contributed by atoms with van der Waals surface area (Å²) in [6.45, 7) is 8.47. The Bertz CT molecular complexity index is 434. The van der Waals surface area contributed by atoms with E-state index in [0.29, 0.717) is 6.04 Å². The smallest absolute Gasteiger partial charge is 0.0642 e. The van der Waals surface area contributed by atoms with Gasteiger partial charge in [0.15, 0.2) is 0 Å². The maximum absolute atomic E-state index is 6.51. The van der Waals surface area contributed by atoms with Crippen molar-refractivity contribution < 1.29 is 0 Å². The molecule has 0 bridgehead atoms. The van der Waals surface area contributed by atoms with E-state index in [4.69, 9.17) is 17.3 Å². The minimum atomic E-state index is 0.210. The highest BCUT2D eigenvalue weighted by Crippen LogP contribution is 2.29. The molecule has 0 aliphatic carbocycles. The Balaban J connectivity index is 2.90. The van der Waals surface area contributed by atoms with Crippen molar-refractivity contribution in [3.05, 3.63) is 28.8 Å². The molecule has 3 nitrogen and oxygen atoms in total. The predicted octanol–water partition coefficient (Wildman–Crippen LogP) is 3.40. The standard InChI is InChI=1S/C17H30ClN3/c1-6-15(19)10-14-8-9-17(16(18)11-14)21(7-2)13(3)12-20(4)5/h8-9,11,13,15H,6-7,10,12,19H2,1-5H3. The highest BCUT2D eigenvalue weighted by Gasteiger charge is 2.16. The van der Waals surface area contributed by atoms with Crippen LogP contribution in [0.2, 0.25) is 5.02 Å². The molecule has 120 valence electrons. The number of halogens is 1. The fraction of sp³-hybridized carbons (Fsp3) is 0.647. The molecule has 0 radical (unpaired) electrons. The summed E-state index contributed by atoms with van der Waals surface area (Å²) in [5.41, 5.74) is 8.35. The Kier molecular flexibility index (Phi) is 7.50. The zero-order valence-corrected chi connectivity index (χ0v) is 14.8. The van der Waals surface area contributed by atoms with Gasteiger partial charge in [-0.25, -0.2) is 0 Å². The predicted molar refractivity (Wildman–Crippen MR) is 94.5 cm³/mol. The molecule has 1 aromatic carbocycles. The molecule has 0 aliphatic rings. The molecular formula is C17H30ClN3. The first-order chi connectivity index (χ1) is 9.88. The molecule has 1 rings (SSSR count). The molecule has 21 heavy (non-hydrogen) atoms. The molecule has 0 fully saturated rings. The second-order valence-electron chi connectivity index (χ2n) is 6.06. The molecule has 2 N–H and O–H groups in total. The minimum absolute atomic E-state index is 0.210. The van der Waals surface area contributed by atoms with Crippen molar-refractivity contribution >= 4 is 17.3 Å². The van der Waals surface area contributed by atoms with Crippen molar-refractivity contribution in [3.63, 3.8) is 0 Å². The summed E-state index contributed by atoms with van der Waals surface area (Å²) < 4.78 is 0. The van der Waals surface area contributed by atoms with Crippen molar-refractivity contribution in [1.29, 1.82) is 0 Å². The average Bonchev–Trinajstić information content (AvgIpc) is 2.41. The molecule has 2 atom stereocenters. The molecule has 0 saturated heterocycles. The van der Waals surface area contributed by atoms with Crippen molar-refractivity contribution in [3.8, 4) is 0 Å². The number of hydrogen-bond donors (Lipinski definition) is 1. The lowest BCUT2D eigenvalue weighted by molar-refractivity contribution is 0.373. The van der Waals surface area contributed by atoms with Gasteiger partial charge in [-0.3, -0.25) is 0 Å². The second kappa shape index (κ2) is 8.62. The third kappa shape index (κ3) is 5.50. The number of nitrogens with zero attached hydrogens (tertiary/aromatic N) is 2. The van der Waals surface area contributed by atoms with Gasteiger partial charge in [0, 0.05) is 25.2 Å². The molecule has 0 spiro atoms. The van der Waals surface area contributed by atoms with Crippen molar-refractivity contribution in [2.24, 2.45) is 5.73 Å². The van der Waals surface area contributed by atoms with E-state index in [1.165, 1.54) is 5.56 Å². The maximum Gasteiger partial charge on any atom is 0.0642 e. The van der Waals surface area contributed by atoms with E-state index in [9.17, 15) is 0 Å². The highest BCUT2D eigenvalue weighted by atomic mass is 35.5. The molecule has 1 aromatic rings. The topological polar surface area (TPSA) is 32.5 Å².